The lowest BCUT2D eigenvalue weighted by molar-refractivity contribution is 0.0691. The number of piperidine rings is 1. The average Bonchev–Trinajstić information content (AvgIpc) is 3.41. The normalized spacial score (nSPS) is 19.8. The van der Waals surface area contributed by atoms with Crippen molar-refractivity contribution in [1.29, 1.82) is 0 Å². The highest BCUT2D eigenvalue weighted by molar-refractivity contribution is 5.97. The van der Waals surface area contributed by atoms with Crippen LogP contribution in [0.5, 0.6) is 0 Å². The summed E-state index contributed by atoms with van der Waals surface area (Å²) in [5.74, 6) is -0.530. The Hall–Kier alpha value is -3.40. The van der Waals surface area contributed by atoms with Crippen LogP contribution in [0.1, 0.15) is 40.5 Å². The monoisotopic (exact) mass is 412 g/mol. The van der Waals surface area contributed by atoms with Crippen LogP contribution in [0.3, 0.4) is 0 Å². The Labute approximate surface area is 169 Å². The van der Waals surface area contributed by atoms with Crippen molar-refractivity contribution in [2.24, 2.45) is 5.73 Å². The van der Waals surface area contributed by atoms with Gasteiger partial charge in [0.2, 0.25) is 0 Å². The first kappa shape index (κ1) is 18.6. The predicted molar refractivity (Wildman–Crippen MR) is 103 cm³/mol. The number of oxazole rings is 1. The number of nitrogens with zero attached hydrogens (tertiary/aromatic N) is 5. The van der Waals surface area contributed by atoms with Gasteiger partial charge in [-0.25, -0.2) is 23.3 Å². The van der Waals surface area contributed by atoms with Crippen molar-refractivity contribution in [3.05, 3.63) is 59.9 Å². The van der Waals surface area contributed by atoms with Crippen molar-refractivity contribution in [1.82, 2.24) is 24.5 Å². The van der Waals surface area contributed by atoms with Gasteiger partial charge in [-0.1, -0.05) is 0 Å². The average molecular weight is 412 g/mol. The molecule has 3 aromatic heterocycles. The molecular formula is C20H18F2N6O2. The summed E-state index contributed by atoms with van der Waals surface area (Å²) in [4.78, 5) is 22.8. The Morgan fingerprint density at radius 2 is 2.13 bits per heavy atom. The maximum absolute atomic E-state index is 13.4. The summed E-state index contributed by atoms with van der Waals surface area (Å²) in [5, 5.41) is 4.22. The lowest BCUT2D eigenvalue weighted by atomic mass is 9.89. The third kappa shape index (κ3) is 3.09. The van der Waals surface area contributed by atoms with Gasteiger partial charge in [0.05, 0.1) is 11.9 Å². The van der Waals surface area contributed by atoms with Gasteiger partial charge in [0.25, 0.3) is 12.3 Å². The Morgan fingerprint density at radius 1 is 1.27 bits per heavy atom. The number of aromatic nitrogens is 4. The van der Waals surface area contributed by atoms with E-state index in [2.05, 4.69) is 15.1 Å². The Morgan fingerprint density at radius 3 is 2.97 bits per heavy atom. The van der Waals surface area contributed by atoms with Gasteiger partial charge in [-0.15, -0.1) is 0 Å². The van der Waals surface area contributed by atoms with Crippen molar-refractivity contribution >= 4 is 22.7 Å². The van der Waals surface area contributed by atoms with Crippen LogP contribution in [-0.4, -0.2) is 49.5 Å². The van der Waals surface area contributed by atoms with E-state index in [1.807, 2.05) is 0 Å². The van der Waals surface area contributed by atoms with Crippen LogP contribution in [0, 0.1) is 0 Å². The Kier molecular flexibility index (Phi) is 4.43. The second-order valence-electron chi connectivity index (χ2n) is 7.35. The van der Waals surface area contributed by atoms with Gasteiger partial charge >= 0.3 is 0 Å². The molecule has 1 saturated heterocycles. The van der Waals surface area contributed by atoms with Gasteiger partial charge in [-0.05, 0) is 30.7 Å². The molecule has 2 N–H and O–H groups in total. The number of hydrogen-bond acceptors (Lipinski definition) is 6. The van der Waals surface area contributed by atoms with Crippen molar-refractivity contribution in [2.45, 2.75) is 24.8 Å². The van der Waals surface area contributed by atoms with Crippen LogP contribution >= 0.6 is 0 Å². The molecule has 30 heavy (non-hydrogen) atoms. The molecule has 5 rings (SSSR count). The van der Waals surface area contributed by atoms with E-state index in [9.17, 15) is 13.6 Å². The highest BCUT2D eigenvalue weighted by atomic mass is 19.3. The van der Waals surface area contributed by atoms with Crippen LogP contribution in [-0.2, 0) is 0 Å². The molecule has 4 heterocycles. The summed E-state index contributed by atoms with van der Waals surface area (Å²) in [6.45, 7) is 0.765. The maximum atomic E-state index is 13.4. The van der Waals surface area contributed by atoms with Gasteiger partial charge < -0.3 is 15.1 Å². The van der Waals surface area contributed by atoms with E-state index >= 15 is 0 Å². The number of carbonyl (C=O) groups is 1. The Bertz CT molecular complexity index is 1240. The number of carbonyl (C=O) groups excluding carboxylic acids is 1. The molecule has 154 valence electrons. The van der Waals surface area contributed by atoms with E-state index in [1.54, 1.807) is 29.2 Å². The highest BCUT2D eigenvalue weighted by Gasteiger charge is 2.33. The largest absolute Gasteiger partial charge is 0.443 e. The molecule has 0 radical (unpaired) electrons. The number of nitrogens with two attached hydrogens (primary N) is 1. The van der Waals surface area contributed by atoms with Crippen molar-refractivity contribution < 1.29 is 18.0 Å². The molecule has 0 aliphatic carbocycles. The summed E-state index contributed by atoms with van der Waals surface area (Å²) in [6, 6.07) is 7.68. The molecule has 1 fully saturated rings. The molecule has 0 spiro atoms. The molecule has 1 aromatic carbocycles. The summed E-state index contributed by atoms with van der Waals surface area (Å²) in [5.41, 5.74) is 8.56. The number of benzene rings is 1. The SMILES string of the molecule is NC1CCN(C(=O)c2ccc3ocnc3c2)C[C@H]1c1cc(C(F)F)nc2ccnn12. The van der Waals surface area contributed by atoms with E-state index in [1.165, 1.54) is 23.2 Å². The van der Waals surface area contributed by atoms with E-state index in [0.29, 0.717) is 47.5 Å². The molecule has 1 aliphatic heterocycles. The first-order chi connectivity index (χ1) is 14.5. The Balaban J connectivity index is 1.48. The second kappa shape index (κ2) is 7.13. The summed E-state index contributed by atoms with van der Waals surface area (Å²) in [6.07, 6.45) is 0.660. The minimum atomic E-state index is -2.71. The predicted octanol–water partition coefficient (Wildman–Crippen LogP) is 2.77. The van der Waals surface area contributed by atoms with E-state index in [0.717, 1.165) is 0 Å². The summed E-state index contributed by atoms with van der Waals surface area (Å²) in [7, 11) is 0. The first-order valence-corrected chi connectivity index (χ1v) is 9.52. The molecule has 1 aliphatic rings. The molecular weight excluding hydrogens is 394 g/mol. The smallest absolute Gasteiger partial charge is 0.280 e. The van der Waals surface area contributed by atoms with Crippen LogP contribution in [0.2, 0.25) is 0 Å². The first-order valence-electron chi connectivity index (χ1n) is 9.52. The van der Waals surface area contributed by atoms with Gasteiger partial charge in [-0.2, -0.15) is 5.10 Å². The fraction of sp³-hybridized carbons (Fsp3) is 0.300. The van der Waals surface area contributed by atoms with E-state index in [-0.39, 0.29) is 23.6 Å². The number of fused-ring (bicyclic) bond motifs is 2. The highest BCUT2D eigenvalue weighted by Crippen LogP contribution is 2.30. The second-order valence-corrected chi connectivity index (χ2v) is 7.35. The zero-order valence-corrected chi connectivity index (χ0v) is 15.8. The molecule has 1 unspecified atom stereocenters. The third-order valence-electron chi connectivity index (χ3n) is 5.54. The molecule has 0 saturated carbocycles. The number of alkyl halides is 2. The molecule has 10 heteroatoms. The standard InChI is InChI=1S/C20H18F2N6O2/c21-19(22)15-8-16(28-18(26-15)3-5-25-28)12-9-27(6-4-13(12)23)20(29)11-1-2-17-14(7-11)24-10-30-17/h1-3,5,7-8,10,12-13,19H,4,6,9,23H2/t12-,13?/m1/s1. The molecule has 1 amide bonds. The lowest BCUT2D eigenvalue weighted by Crippen LogP contribution is -2.48. The number of rotatable bonds is 3. The van der Waals surface area contributed by atoms with Crippen LogP contribution in [0.25, 0.3) is 16.7 Å². The topological polar surface area (TPSA) is 103 Å². The van der Waals surface area contributed by atoms with Gasteiger partial charge in [0, 0.05) is 36.7 Å². The number of halogens is 2. The molecule has 2 atom stereocenters. The fourth-order valence-electron chi connectivity index (χ4n) is 3.97. The quantitative estimate of drug-likeness (QED) is 0.555. The number of hydrogen-bond donors (Lipinski definition) is 1. The van der Waals surface area contributed by atoms with Crippen LogP contribution in [0.4, 0.5) is 8.78 Å². The minimum Gasteiger partial charge on any atom is -0.443 e. The molecule has 4 aromatic rings. The fourth-order valence-corrected chi connectivity index (χ4v) is 3.97. The third-order valence-corrected chi connectivity index (χ3v) is 5.54. The zero-order valence-electron chi connectivity index (χ0n) is 15.8. The number of amides is 1. The lowest BCUT2D eigenvalue weighted by Gasteiger charge is -2.37. The van der Waals surface area contributed by atoms with Crippen LogP contribution < -0.4 is 5.73 Å². The number of likely N-dealkylation sites (tertiary alicyclic amines) is 1. The van der Waals surface area contributed by atoms with Crippen molar-refractivity contribution in [3.8, 4) is 0 Å². The van der Waals surface area contributed by atoms with E-state index in [4.69, 9.17) is 10.2 Å². The summed E-state index contributed by atoms with van der Waals surface area (Å²) >= 11 is 0. The van der Waals surface area contributed by atoms with Gasteiger partial charge in [0.15, 0.2) is 17.6 Å². The van der Waals surface area contributed by atoms with Crippen LogP contribution in [0.15, 0.2) is 47.3 Å². The summed E-state index contributed by atoms with van der Waals surface area (Å²) < 4.78 is 33.5. The van der Waals surface area contributed by atoms with Crippen molar-refractivity contribution in [2.75, 3.05) is 13.1 Å². The van der Waals surface area contributed by atoms with Gasteiger partial charge in [0.1, 0.15) is 11.2 Å². The van der Waals surface area contributed by atoms with E-state index < -0.39 is 6.43 Å². The van der Waals surface area contributed by atoms with Crippen molar-refractivity contribution in [3.63, 3.8) is 0 Å². The maximum Gasteiger partial charge on any atom is 0.280 e. The molecule has 8 nitrogen and oxygen atoms in total. The minimum absolute atomic E-state index is 0.170. The zero-order chi connectivity index (χ0) is 20.8. The van der Waals surface area contributed by atoms with Gasteiger partial charge in [-0.3, -0.25) is 4.79 Å². The molecule has 0 bridgehead atoms.